The van der Waals surface area contributed by atoms with Crippen molar-refractivity contribution in [3.63, 3.8) is 0 Å². The van der Waals surface area contributed by atoms with Crippen molar-refractivity contribution in [3.8, 4) is 0 Å². The Morgan fingerprint density at radius 3 is 2.18 bits per heavy atom. The maximum Gasteiger partial charge on any atom is 0.338 e. The lowest BCUT2D eigenvalue weighted by Crippen LogP contribution is -2.65. The number of aliphatic carboxylic acids is 1. The van der Waals surface area contributed by atoms with Gasteiger partial charge in [0, 0.05) is 5.41 Å². The van der Waals surface area contributed by atoms with Crippen LogP contribution in [0.1, 0.15) is 106 Å². The molecule has 0 heterocycles. The highest BCUT2D eigenvalue weighted by molar-refractivity contribution is 5.77. The molecule has 45 heavy (non-hydrogen) atoms. The molecule has 0 unspecified atom stereocenters. The third-order valence-corrected chi connectivity index (χ3v) is 15.0. The normalized spacial score (nSPS) is 46.4. The van der Waals surface area contributed by atoms with Crippen molar-refractivity contribution in [1.82, 2.24) is 0 Å². The topological polar surface area (TPSA) is 162 Å². The molecule has 0 aliphatic heterocycles. The van der Waals surface area contributed by atoms with Crippen LogP contribution in [0, 0.1) is 56.7 Å². The second-order valence-electron chi connectivity index (χ2n) is 16.9. The number of aldehydes is 1. The number of fused-ring (bicyclic) bond motifs is 7. The second-order valence-corrected chi connectivity index (χ2v) is 16.9. The standard InChI is InChI=1S/C36H56O9/c1-19-10-15-36(31(43)44)17-16-34(6)21(26(36)20(19)2)8-9-24-33(5)13-12-25(32(3,4)23(33)11-14-35(24,34)7)45-30(42)29(41)28(40)27(39)22(38)18-37/h8,18-20,22-29,38-41H,9-17H2,1-7H3,(H,43,44)/t19-,20+,22+,23+,24-,25+,26+,27-,28+,29+,33+,34-,35-,36+/m1/s1. The molecule has 0 radical (unpaired) electrons. The number of aliphatic hydroxyl groups excluding tert-OH is 4. The molecule has 254 valence electrons. The molecule has 4 fully saturated rings. The number of carbonyl (C=O) groups excluding carboxylic acids is 2. The fourth-order valence-electron chi connectivity index (χ4n) is 11.9. The summed E-state index contributed by atoms with van der Waals surface area (Å²) in [6.45, 7) is 16.1. The zero-order valence-corrected chi connectivity index (χ0v) is 28.2. The van der Waals surface area contributed by atoms with Gasteiger partial charge in [-0.15, -0.1) is 0 Å². The number of carbonyl (C=O) groups is 3. The van der Waals surface area contributed by atoms with E-state index >= 15 is 0 Å². The predicted octanol–water partition coefficient (Wildman–Crippen LogP) is 4.28. The number of rotatable bonds is 7. The van der Waals surface area contributed by atoms with Crippen LogP contribution in [0.2, 0.25) is 0 Å². The molecule has 0 saturated heterocycles. The number of hydrogen-bond acceptors (Lipinski definition) is 8. The molecule has 9 nitrogen and oxygen atoms in total. The van der Waals surface area contributed by atoms with E-state index in [1.54, 1.807) is 0 Å². The van der Waals surface area contributed by atoms with Gasteiger partial charge in [-0.2, -0.15) is 0 Å². The quantitative estimate of drug-likeness (QED) is 0.157. The number of hydrogen-bond donors (Lipinski definition) is 5. The first-order valence-electron chi connectivity index (χ1n) is 17.2. The Labute approximate surface area is 267 Å². The van der Waals surface area contributed by atoms with E-state index in [0.29, 0.717) is 24.2 Å². The van der Waals surface area contributed by atoms with E-state index in [0.717, 1.165) is 51.4 Å². The largest absolute Gasteiger partial charge is 0.481 e. The Morgan fingerprint density at radius 1 is 0.889 bits per heavy atom. The Bertz CT molecular complexity index is 1230. The minimum Gasteiger partial charge on any atom is -0.481 e. The molecule has 5 aliphatic rings. The van der Waals surface area contributed by atoms with Crippen LogP contribution in [0.3, 0.4) is 0 Å². The summed E-state index contributed by atoms with van der Waals surface area (Å²) in [7, 11) is 0. The van der Waals surface area contributed by atoms with E-state index in [-0.39, 0.29) is 34.4 Å². The van der Waals surface area contributed by atoms with Gasteiger partial charge < -0.3 is 35.1 Å². The van der Waals surface area contributed by atoms with Crippen molar-refractivity contribution >= 4 is 18.2 Å². The minimum atomic E-state index is -2.11. The monoisotopic (exact) mass is 632 g/mol. The van der Waals surface area contributed by atoms with Gasteiger partial charge in [0.1, 0.15) is 24.4 Å². The van der Waals surface area contributed by atoms with Crippen molar-refractivity contribution < 1.29 is 44.7 Å². The highest BCUT2D eigenvalue weighted by Crippen LogP contribution is 2.75. The lowest BCUT2D eigenvalue weighted by Gasteiger charge is -2.71. The first-order valence-corrected chi connectivity index (χ1v) is 17.2. The van der Waals surface area contributed by atoms with Crippen LogP contribution in [0.25, 0.3) is 0 Å². The van der Waals surface area contributed by atoms with Crippen molar-refractivity contribution in [2.45, 2.75) is 137 Å². The number of carboxylic acids is 1. The molecule has 0 aromatic carbocycles. The van der Waals surface area contributed by atoms with Crippen molar-refractivity contribution in [2.75, 3.05) is 0 Å². The van der Waals surface area contributed by atoms with Gasteiger partial charge in [-0.25, -0.2) is 4.79 Å². The summed E-state index contributed by atoms with van der Waals surface area (Å²) < 4.78 is 5.83. The van der Waals surface area contributed by atoms with E-state index in [2.05, 4.69) is 54.5 Å². The molecule has 0 bridgehead atoms. The molecule has 5 rings (SSSR count). The maximum absolute atomic E-state index is 13.0. The van der Waals surface area contributed by atoms with Gasteiger partial charge in [-0.1, -0.05) is 60.1 Å². The van der Waals surface area contributed by atoms with Gasteiger partial charge in [0.15, 0.2) is 12.4 Å². The third-order valence-electron chi connectivity index (χ3n) is 15.0. The third kappa shape index (κ3) is 4.80. The SMILES string of the molecule is C[C@H]1[C@H](C)CC[C@]2(C(=O)O)CC[C@]3(C)C(=CC[C@@H]4[C@@]5(C)CC[C@H](OC(=O)[C@@H](O)[C@@H](O)[C@H](O)[C@@H](O)C=O)C(C)(C)[C@@H]5CC[C@]43C)[C@H]12. The number of esters is 1. The van der Waals surface area contributed by atoms with Gasteiger partial charge in [-0.3, -0.25) is 4.79 Å². The first-order chi connectivity index (χ1) is 20.8. The summed E-state index contributed by atoms with van der Waals surface area (Å²) in [5, 5.41) is 50.8. The van der Waals surface area contributed by atoms with Crippen LogP contribution in [0.15, 0.2) is 11.6 Å². The Hall–Kier alpha value is -1.81. The minimum absolute atomic E-state index is 0.0111. The van der Waals surface area contributed by atoms with E-state index in [1.807, 2.05) is 0 Å². The van der Waals surface area contributed by atoms with Crippen LogP contribution in [0.5, 0.6) is 0 Å². The maximum atomic E-state index is 13.0. The average Bonchev–Trinajstić information content (AvgIpc) is 2.98. The van der Waals surface area contributed by atoms with Crippen molar-refractivity contribution in [3.05, 3.63) is 11.6 Å². The summed E-state index contributed by atoms with van der Waals surface area (Å²) in [6, 6.07) is 0. The van der Waals surface area contributed by atoms with E-state index in [4.69, 9.17) is 4.74 Å². The zero-order valence-electron chi connectivity index (χ0n) is 28.2. The van der Waals surface area contributed by atoms with Crippen LogP contribution in [-0.4, -0.2) is 74.3 Å². The van der Waals surface area contributed by atoms with E-state index < -0.39 is 53.3 Å². The smallest absolute Gasteiger partial charge is 0.338 e. The molecular weight excluding hydrogens is 576 g/mol. The number of aliphatic hydroxyl groups is 4. The molecule has 0 spiro atoms. The molecule has 0 aromatic rings. The zero-order chi connectivity index (χ0) is 33.5. The predicted molar refractivity (Wildman–Crippen MR) is 167 cm³/mol. The molecule has 0 aromatic heterocycles. The summed E-state index contributed by atoms with van der Waals surface area (Å²) in [5.74, 6) is -0.267. The van der Waals surface area contributed by atoms with Gasteiger partial charge in [-0.05, 0) is 104 Å². The highest BCUT2D eigenvalue weighted by Gasteiger charge is 2.69. The second kappa shape index (κ2) is 11.4. The molecular formula is C36H56O9. The Morgan fingerprint density at radius 2 is 1.56 bits per heavy atom. The molecule has 14 atom stereocenters. The summed E-state index contributed by atoms with van der Waals surface area (Å²) in [6.07, 6.45) is 1.36. The van der Waals surface area contributed by atoms with E-state index in [9.17, 15) is 39.9 Å². The van der Waals surface area contributed by atoms with Crippen LogP contribution < -0.4 is 0 Å². The average molecular weight is 633 g/mol. The lowest BCUT2D eigenvalue weighted by molar-refractivity contribution is -0.220. The molecule has 4 saturated carbocycles. The van der Waals surface area contributed by atoms with E-state index in [1.165, 1.54) is 5.57 Å². The van der Waals surface area contributed by atoms with Gasteiger partial charge in [0.25, 0.3) is 0 Å². The van der Waals surface area contributed by atoms with Gasteiger partial charge in [0.05, 0.1) is 5.41 Å². The fraction of sp³-hybridized carbons (Fsp3) is 0.861. The Balaban J connectivity index is 1.42. The summed E-state index contributed by atoms with van der Waals surface area (Å²) in [4.78, 5) is 36.7. The highest BCUT2D eigenvalue weighted by atomic mass is 16.6. The van der Waals surface area contributed by atoms with Crippen LogP contribution in [-0.2, 0) is 19.1 Å². The first kappa shape index (κ1) is 34.5. The van der Waals surface area contributed by atoms with Crippen molar-refractivity contribution in [1.29, 1.82) is 0 Å². The number of allylic oxidation sites excluding steroid dienone is 2. The van der Waals surface area contributed by atoms with Crippen LogP contribution >= 0.6 is 0 Å². The number of ether oxygens (including phenoxy) is 1. The van der Waals surface area contributed by atoms with Gasteiger partial charge in [0.2, 0.25) is 0 Å². The molecule has 0 amide bonds. The fourth-order valence-corrected chi connectivity index (χ4v) is 11.9. The molecule has 5 aliphatic carbocycles. The van der Waals surface area contributed by atoms with Gasteiger partial charge >= 0.3 is 11.9 Å². The molecule has 5 N–H and O–H groups in total. The summed E-state index contributed by atoms with van der Waals surface area (Å²) >= 11 is 0. The van der Waals surface area contributed by atoms with Crippen molar-refractivity contribution in [2.24, 2.45) is 56.7 Å². The molecule has 9 heteroatoms. The summed E-state index contributed by atoms with van der Waals surface area (Å²) in [5.41, 5.74) is 0.110. The van der Waals surface area contributed by atoms with Crippen LogP contribution in [0.4, 0.5) is 0 Å². The lowest BCUT2D eigenvalue weighted by atomic mass is 9.33. The number of carboxylic acid groups (broad SMARTS) is 1. The Kier molecular flexibility index (Phi) is 8.76.